The van der Waals surface area contributed by atoms with Crippen molar-refractivity contribution in [3.8, 4) is 5.75 Å². The van der Waals surface area contributed by atoms with E-state index in [0.717, 1.165) is 44.9 Å². The highest BCUT2D eigenvalue weighted by atomic mass is 16.7. The van der Waals surface area contributed by atoms with E-state index in [9.17, 15) is 0 Å². The highest BCUT2D eigenvalue weighted by Gasteiger charge is 2.15. The first-order valence-corrected chi connectivity index (χ1v) is 6.68. The van der Waals surface area contributed by atoms with Crippen LogP contribution in [0.3, 0.4) is 0 Å². The van der Waals surface area contributed by atoms with Gasteiger partial charge >= 0.3 is 0 Å². The second-order valence-corrected chi connectivity index (χ2v) is 4.85. The van der Waals surface area contributed by atoms with Crippen molar-refractivity contribution >= 4 is 0 Å². The van der Waals surface area contributed by atoms with Gasteiger partial charge in [0.2, 0.25) is 0 Å². The van der Waals surface area contributed by atoms with Crippen LogP contribution in [0.25, 0.3) is 0 Å². The van der Waals surface area contributed by atoms with Crippen LogP contribution >= 0.6 is 0 Å². The first-order valence-electron chi connectivity index (χ1n) is 6.68. The molecule has 0 aromatic heterocycles. The summed E-state index contributed by atoms with van der Waals surface area (Å²) < 4.78 is 10.9. The van der Waals surface area contributed by atoms with Gasteiger partial charge in [-0.15, -0.1) is 0 Å². The number of hydrogen-bond acceptors (Lipinski definition) is 4. The van der Waals surface area contributed by atoms with Gasteiger partial charge in [0.25, 0.3) is 0 Å². The van der Waals surface area contributed by atoms with E-state index in [-0.39, 0.29) is 0 Å². The lowest BCUT2D eigenvalue weighted by Crippen LogP contribution is -2.44. The smallest absolute Gasteiger partial charge is 0.189 e. The third-order valence-electron chi connectivity index (χ3n) is 3.68. The summed E-state index contributed by atoms with van der Waals surface area (Å²) in [5, 5.41) is 3.38. The lowest BCUT2D eigenvalue weighted by molar-refractivity contribution is -0.0168. The number of piperazine rings is 1. The fourth-order valence-corrected chi connectivity index (χ4v) is 2.61. The summed E-state index contributed by atoms with van der Waals surface area (Å²) in [7, 11) is 0. The van der Waals surface area contributed by atoms with Crippen LogP contribution in [0.5, 0.6) is 5.75 Å². The minimum Gasteiger partial charge on any atom is -0.467 e. The van der Waals surface area contributed by atoms with E-state index in [1.807, 2.05) is 6.07 Å². The third kappa shape index (κ3) is 2.66. The molecule has 0 amide bonds. The van der Waals surface area contributed by atoms with Crippen LogP contribution in [-0.4, -0.2) is 44.4 Å². The molecule has 3 rings (SSSR count). The fraction of sp³-hybridized carbons (Fsp3) is 0.571. The van der Waals surface area contributed by atoms with E-state index in [1.165, 1.54) is 11.1 Å². The minimum atomic E-state index is 0.383. The van der Waals surface area contributed by atoms with E-state index < -0.39 is 0 Å². The number of nitrogens with one attached hydrogen (secondary N) is 1. The maximum Gasteiger partial charge on any atom is 0.189 e. The third-order valence-corrected chi connectivity index (χ3v) is 3.68. The van der Waals surface area contributed by atoms with Gasteiger partial charge in [-0.1, -0.05) is 12.1 Å². The summed E-state index contributed by atoms with van der Waals surface area (Å²) in [5.74, 6) is 0.999. The Hall–Kier alpha value is -1.10. The molecule has 1 fully saturated rings. The highest BCUT2D eigenvalue weighted by Crippen LogP contribution is 2.27. The minimum absolute atomic E-state index is 0.383. The molecule has 4 nitrogen and oxygen atoms in total. The molecule has 2 aliphatic heterocycles. The Kier molecular flexibility index (Phi) is 3.78. The van der Waals surface area contributed by atoms with E-state index >= 15 is 0 Å². The summed E-state index contributed by atoms with van der Waals surface area (Å²) in [6, 6.07) is 6.31. The van der Waals surface area contributed by atoms with Crippen molar-refractivity contribution in [1.29, 1.82) is 0 Å². The number of nitrogens with zero attached hydrogens (tertiary/aromatic N) is 1. The second-order valence-electron chi connectivity index (χ2n) is 4.85. The van der Waals surface area contributed by atoms with Crippen molar-refractivity contribution in [2.75, 3.05) is 39.5 Å². The fourth-order valence-electron chi connectivity index (χ4n) is 2.61. The van der Waals surface area contributed by atoms with Gasteiger partial charge in [0, 0.05) is 38.3 Å². The molecule has 1 aromatic carbocycles. The van der Waals surface area contributed by atoms with Gasteiger partial charge in [-0.05, 0) is 18.1 Å². The zero-order chi connectivity index (χ0) is 12.2. The first-order chi connectivity index (χ1) is 8.93. The predicted octanol–water partition coefficient (Wildman–Crippen LogP) is 1.00. The molecule has 1 saturated heterocycles. The van der Waals surface area contributed by atoms with Crippen molar-refractivity contribution in [1.82, 2.24) is 10.2 Å². The molecule has 0 aliphatic carbocycles. The van der Waals surface area contributed by atoms with Crippen LogP contribution in [-0.2, 0) is 17.8 Å². The molecular weight excluding hydrogens is 228 g/mol. The summed E-state index contributed by atoms with van der Waals surface area (Å²) in [5.41, 5.74) is 2.60. The van der Waals surface area contributed by atoms with Crippen LogP contribution in [0.4, 0.5) is 0 Å². The Morgan fingerprint density at radius 3 is 3.00 bits per heavy atom. The largest absolute Gasteiger partial charge is 0.467 e. The van der Waals surface area contributed by atoms with Gasteiger partial charge in [0.1, 0.15) is 5.75 Å². The van der Waals surface area contributed by atoms with E-state index in [2.05, 4.69) is 22.3 Å². The molecule has 98 valence electrons. The van der Waals surface area contributed by atoms with Gasteiger partial charge in [-0.2, -0.15) is 0 Å². The molecule has 18 heavy (non-hydrogen) atoms. The molecule has 0 saturated carbocycles. The van der Waals surface area contributed by atoms with Crippen molar-refractivity contribution in [2.24, 2.45) is 0 Å². The Labute approximate surface area is 108 Å². The maximum atomic E-state index is 5.51. The lowest BCUT2D eigenvalue weighted by Gasteiger charge is -2.28. The topological polar surface area (TPSA) is 33.7 Å². The molecule has 2 aliphatic rings. The molecule has 0 bridgehead atoms. The van der Waals surface area contributed by atoms with Crippen LogP contribution in [0, 0.1) is 0 Å². The average molecular weight is 248 g/mol. The Bertz CT molecular complexity index is 403. The van der Waals surface area contributed by atoms with Gasteiger partial charge in [0.15, 0.2) is 6.79 Å². The number of hydrogen-bond donors (Lipinski definition) is 1. The lowest BCUT2D eigenvalue weighted by atomic mass is 10.0. The molecule has 1 aromatic rings. The number of benzene rings is 1. The summed E-state index contributed by atoms with van der Waals surface area (Å²) in [4.78, 5) is 2.51. The summed E-state index contributed by atoms with van der Waals surface area (Å²) >= 11 is 0. The quantitative estimate of drug-likeness (QED) is 0.865. The van der Waals surface area contributed by atoms with Crippen LogP contribution in [0.1, 0.15) is 11.1 Å². The van der Waals surface area contributed by atoms with Crippen molar-refractivity contribution in [2.45, 2.75) is 13.0 Å². The van der Waals surface area contributed by atoms with Crippen molar-refractivity contribution < 1.29 is 9.47 Å². The van der Waals surface area contributed by atoms with Gasteiger partial charge < -0.3 is 19.7 Å². The van der Waals surface area contributed by atoms with E-state index in [0.29, 0.717) is 13.4 Å². The Balaban J connectivity index is 1.65. The van der Waals surface area contributed by atoms with Crippen LogP contribution in [0.15, 0.2) is 18.2 Å². The first kappa shape index (κ1) is 12.0. The number of rotatable bonds is 3. The van der Waals surface area contributed by atoms with Crippen molar-refractivity contribution in [3.05, 3.63) is 29.3 Å². The van der Waals surface area contributed by atoms with Gasteiger partial charge in [0.05, 0.1) is 6.61 Å². The van der Waals surface area contributed by atoms with Crippen LogP contribution in [0.2, 0.25) is 0 Å². The average Bonchev–Trinajstić information content (AvgIpc) is 2.46. The Morgan fingerprint density at radius 2 is 2.11 bits per heavy atom. The normalized spacial score (nSPS) is 20.2. The monoisotopic (exact) mass is 248 g/mol. The number of ether oxygens (including phenoxy) is 2. The van der Waals surface area contributed by atoms with Crippen molar-refractivity contribution in [3.63, 3.8) is 0 Å². The molecule has 0 unspecified atom stereocenters. The SMILES string of the molecule is c1cc(CCN2CCNCC2)c2c(c1)OCOC2. The molecule has 0 radical (unpaired) electrons. The zero-order valence-electron chi connectivity index (χ0n) is 10.7. The zero-order valence-corrected chi connectivity index (χ0v) is 10.7. The van der Waals surface area contributed by atoms with E-state index in [1.54, 1.807) is 0 Å². The Morgan fingerprint density at radius 1 is 1.22 bits per heavy atom. The van der Waals surface area contributed by atoms with E-state index in [4.69, 9.17) is 9.47 Å². The summed E-state index contributed by atoms with van der Waals surface area (Å²) in [6.07, 6.45) is 1.08. The summed E-state index contributed by atoms with van der Waals surface area (Å²) in [6.45, 7) is 6.72. The van der Waals surface area contributed by atoms with Crippen LogP contribution < -0.4 is 10.1 Å². The van der Waals surface area contributed by atoms with Gasteiger partial charge in [-0.25, -0.2) is 0 Å². The van der Waals surface area contributed by atoms with Gasteiger partial charge in [-0.3, -0.25) is 0 Å². The molecule has 0 spiro atoms. The molecule has 1 N–H and O–H groups in total. The maximum absolute atomic E-state index is 5.51. The standard InChI is InChI=1S/C14H20N2O2/c1-2-12(4-7-16-8-5-15-6-9-16)13-10-17-11-18-14(13)3-1/h1-3,15H,4-11H2. The molecule has 4 heteroatoms. The molecule has 2 heterocycles. The highest BCUT2D eigenvalue weighted by molar-refractivity contribution is 5.40. The molecular formula is C14H20N2O2. The second kappa shape index (κ2) is 5.69. The predicted molar refractivity (Wildman–Crippen MR) is 69.7 cm³/mol. The molecule has 0 atom stereocenters. The number of fused-ring (bicyclic) bond motifs is 1.